The quantitative estimate of drug-likeness (QED) is 0.325. The van der Waals surface area contributed by atoms with E-state index in [1.165, 1.54) is 0 Å². The molecule has 4 aromatic rings. The van der Waals surface area contributed by atoms with Crippen LogP contribution < -0.4 is 20.3 Å². The number of rotatable bonds is 7. The highest BCUT2D eigenvalue weighted by atomic mass is 16.6. The molecule has 2 N–H and O–H groups in total. The predicted molar refractivity (Wildman–Crippen MR) is 164 cm³/mol. The van der Waals surface area contributed by atoms with Crippen LogP contribution in [0.1, 0.15) is 40.0 Å². The number of morpholine rings is 1. The van der Waals surface area contributed by atoms with Crippen molar-refractivity contribution >= 4 is 33.7 Å². The molecular weight excluding hydrogens is 532 g/mol. The lowest BCUT2D eigenvalue weighted by molar-refractivity contribution is 0.0497. The number of carbonyl (C=O) groups excluding carboxylic acids is 1. The fourth-order valence-electron chi connectivity index (χ4n) is 5.64. The zero-order valence-electron chi connectivity index (χ0n) is 24.6. The maximum atomic E-state index is 12.2. The van der Waals surface area contributed by atoms with Gasteiger partial charge < -0.3 is 29.7 Å². The van der Waals surface area contributed by atoms with Crippen molar-refractivity contribution in [3.05, 3.63) is 54.9 Å². The Morgan fingerprint density at radius 1 is 1.14 bits per heavy atom. The number of carbonyl (C=O) groups is 1. The normalized spacial score (nSPS) is 18.4. The Bertz CT molecular complexity index is 1530. The third-order valence-corrected chi connectivity index (χ3v) is 7.74. The number of nitrogens with zero attached hydrogens (tertiary/aromatic N) is 4. The molecule has 2 aromatic heterocycles. The van der Waals surface area contributed by atoms with E-state index >= 15 is 0 Å². The lowest BCUT2D eigenvalue weighted by atomic mass is 10.0. The first-order chi connectivity index (χ1) is 20.3. The Morgan fingerprint density at radius 2 is 2.00 bits per heavy atom. The number of pyridine rings is 1. The summed E-state index contributed by atoms with van der Waals surface area (Å²) in [4.78, 5) is 24.4. The van der Waals surface area contributed by atoms with Crippen LogP contribution in [0.15, 0.2) is 54.9 Å². The largest absolute Gasteiger partial charge is 0.493 e. The number of imidazole rings is 1. The molecule has 0 saturated carbocycles. The SMILES string of the molecule is CC(C)(C)OC(=O)NC1CCN(c2cccc3ccc(-n4cnc5cc(OCCC6COCCN6)ccc54)nc23)CC1. The van der Waals surface area contributed by atoms with Gasteiger partial charge in [-0.3, -0.25) is 4.57 Å². The van der Waals surface area contributed by atoms with Crippen molar-refractivity contribution in [1.29, 1.82) is 0 Å². The van der Waals surface area contributed by atoms with E-state index in [1.54, 1.807) is 0 Å². The summed E-state index contributed by atoms with van der Waals surface area (Å²) in [6.07, 6.45) is 4.06. The zero-order valence-corrected chi connectivity index (χ0v) is 24.6. The van der Waals surface area contributed by atoms with Gasteiger partial charge in [-0.25, -0.2) is 14.8 Å². The number of benzene rings is 2. The van der Waals surface area contributed by atoms with Crippen LogP contribution in [0.5, 0.6) is 5.75 Å². The van der Waals surface area contributed by atoms with Gasteiger partial charge in [-0.1, -0.05) is 12.1 Å². The molecule has 1 amide bonds. The van der Waals surface area contributed by atoms with Crippen LogP contribution >= 0.6 is 0 Å². The molecule has 0 spiro atoms. The number of anilines is 1. The van der Waals surface area contributed by atoms with Gasteiger partial charge in [0.2, 0.25) is 0 Å². The van der Waals surface area contributed by atoms with Crippen LogP contribution in [-0.2, 0) is 9.47 Å². The number of alkyl carbamates (subject to hydrolysis) is 1. The van der Waals surface area contributed by atoms with Crippen LogP contribution in [-0.4, -0.2) is 77.8 Å². The highest BCUT2D eigenvalue weighted by Crippen LogP contribution is 2.30. The second-order valence-electron chi connectivity index (χ2n) is 12.1. The number of nitrogens with one attached hydrogen (secondary N) is 2. The fraction of sp³-hybridized carbons (Fsp3) is 0.469. The van der Waals surface area contributed by atoms with E-state index < -0.39 is 5.60 Å². The smallest absolute Gasteiger partial charge is 0.407 e. The van der Waals surface area contributed by atoms with Crippen LogP contribution in [0.3, 0.4) is 0 Å². The second-order valence-corrected chi connectivity index (χ2v) is 12.1. The van der Waals surface area contributed by atoms with Gasteiger partial charge in [-0.2, -0.15) is 0 Å². The molecule has 2 aromatic carbocycles. The number of fused-ring (bicyclic) bond motifs is 2. The maximum absolute atomic E-state index is 12.2. The summed E-state index contributed by atoms with van der Waals surface area (Å²) < 4.78 is 19.0. The van der Waals surface area contributed by atoms with E-state index in [-0.39, 0.29) is 12.1 Å². The lowest BCUT2D eigenvalue weighted by Gasteiger charge is -2.34. The molecule has 0 bridgehead atoms. The predicted octanol–water partition coefficient (Wildman–Crippen LogP) is 4.82. The van der Waals surface area contributed by atoms with Gasteiger partial charge in [-0.05, 0) is 70.4 Å². The number of ether oxygens (including phenoxy) is 3. The molecule has 2 saturated heterocycles. The van der Waals surface area contributed by atoms with Gasteiger partial charge in [0.05, 0.1) is 42.1 Å². The zero-order chi connectivity index (χ0) is 29.1. The number of hydrogen-bond acceptors (Lipinski definition) is 8. The van der Waals surface area contributed by atoms with Crippen molar-refractivity contribution in [2.75, 3.05) is 44.4 Å². The third-order valence-electron chi connectivity index (χ3n) is 7.74. The molecule has 4 heterocycles. The minimum absolute atomic E-state index is 0.0960. The van der Waals surface area contributed by atoms with Crippen molar-refractivity contribution in [2.24, 2.45) is 0 Å². The highest BCUT2D eigenvalue weighted by molar-refractivity contribution is 5.92. The first-order valence-electron chi connectivity index (χ1n) is 14.9. The number of amides is 1. The van der Waals surface area contributed by atoms with Crippen molar-refractivity contribution in [1.82, 2.24) is 25.2 Å². The molecule has 0 radical (unpaired) electrons. The molecule has 2 aliphatic rings. The minimum Gasteiger partial charge on any atom is -0.493 e. The summed E-state index contributed by atoms with van der Waals surface area (Å²) in [5.74, 6) is 1.62. The second kappa shape index (κ2) is 12.1. The summed E-state index contributed by atoms with van der Waals surface area (Å²) in [6, 6.07) is 16.9. The molecule has 1 unspecified atom stereocenters. The van der Waals surface area contributed by atoms with E-state index in [1.807, 2.05) is 55.9 Å². The number of para-hydroxylation sites is 1. The van der Waals surface area contributed by atoms with Crippen molar-refractivity contribution in [3.8, 4) is 11.6 Å². The molecule has 6 rings (SSSR count). The molecule has 0 aliphatic carbocycles. The summed E-state index contributed by atoms with van der Waals surface area (Å²) in [6.45, 7) is 10.3. The molecule has 42 heavy (non-hydrogen) atoms. The highest BCUT2D eigenvalue weighted by Gasteiger charge is 2.25. The fourth-order valence-corrected chi connectivity index (χ4v) is 5.64. The van der Waals surface area contributed by atoms with E-state index in [9.17, 15) is 4.79 Å². The van der Waals surface area contributed by atoms with Crippen LogP contribution in [0.4, 0.5) is 10.5 Å². The first kappa shape index (κ1) is 28.2. The van der Waals surface area contributed by atoms with Crippen molar-refractivity contribution in [3.63, 3.8) is 0 Å². The average molecular weight is 573 g/mol. The van der Waals surface area contributed by atoms with Crippen LogP contribution in [0, 0.1) is 0 Å². The topological polar surface area (TPSA) is 103 Å². The lowest BCUT2D eigenvalue weighted by Crippen LogP contribution is -2.46. The number of piperidine rings is 1. The van der Waals surface area contributed by atoms with Gasteiger partial charge in [0.15, 0.2) is 0 Å². The van der Waals surface area contributed by atoms with Crippen LogP contribution in [0.2, 0.25) is 0 Å². The average Bonchev–Trinajstić information content (AvgIpc) is 3.40. The van der Waals surface area contributed by atoms with E-state index in [2.05, 4.69) is 44.8 Å². The molecule has 1 atom stereocenters. The summed E-state index contributed by atoms with van der Waals surface area (Å²) >= 11 is 0. The van der Waals surface area contributed by atoms with Gasteiger partial charge in [0.1, 0.15) is 23.5 Å². The van der Waals surface area contributed by atoms with E-state index in [0.717, 1.165) is 91.3 Å². The first-order valence-corrected chi connectivity index (χ1v) is 14.9. The van der Waals surface area contributed by atoms with Crippen molar-refractivity contribution in [2.45, 2.75) is 57.7 Å². The molecule has 10 heteroatoms. The molecule has 222 valence electrons. The summed E-state index contributed by atoms with van der Waals surface area (Å²) in [5.41, 5.74) is 3.39. The van der Waals surface area contributed by atoms with Gasteiger partial charge >= 0.3 is 6.09 Å². The Hall–Kier alpha value is -3.89. The van der Waals surface area contributed by atoms with Crippen molar-refractivity contribution < 1.29 is 19.0 Å². The minimum atomic E-state index is -0.504. The van der Waals surface area contributed by atoms with Gasteiger partial charge in [-0.15, -0.1) is 0 Å². The molecule has 2 fully saturated rings. The standard InChI is InChI=1S/C32H40N6O4/c1-32(2,3)42-31(39)35-23-11-15-37(16-12-23)28-6-4-5-22-7-10-29(36-30(22)28)38-21-34-26-19-25(8-9-27(26)38)41-17-13-24-20-40-18-14-33-24/h4-10,19,21,23-24,33H,11-18,20H2,1-3H3,(H,35,39). The Balaban J connectivity index is 1.15. The van der Waals surface area contributed by atoms with Gasteiger partial charge in [0.25, 0.3) is 0 Å². The molecular formula is C32H40N6O4. The monoisotopic (exact) mass is 572 g/mol. The molecule has 2 aliphatic heterocycles. The Kier molecular flexibility index (Phi) is 8.17. The summed E-state index contributed by atoms with van der Waals surface area (Å²) in [7, 11) is 0. The number of hydrogen-bond donors (Lipinski definition) is 2. The van der Waals surface area contributed by atoms with Crippen LogP contribution in [0.25, 0.3) is 27.8 Å². The summed E-state index contributed by atoms with van der Waals surface area (Å²) in [5, 5.41) is 7.57. The Morgan fingerprint density at radius 3 is 2.79 bits per heavy atom. The Labute approximate surface area is 246 Å². The van der Waals surface area contributed by atoms with E-state index in [0.29, 0.717) is 12.6 Å². The molecule has 10 nitrogen and oxygen atoms in total. The third kappa shape index (κ3) is 6.60. The van der Waals surface area contributed by atoms with E-state index in [4.69, 9.17) is 19.2 Å². The number of aromatic nitrogens is 3. The maximum Gasteiger partial charge on any atom is 0.407 e. The van der Waals surface area contributed by atoms with Gasteiger partial charge in [0, 0.05) is 43.2 Å².